The quantitative estimate of drug-likeness (QED) is 0.759. The van der Waals surface area contributed by atoms with E-state index in [2.05, 4.69) is 48.1 Å². The van der Waals surface area contributed by atoms with Gasteiger partial charge in [0.05, 0.1) is 5.52 Å². The highest BCUT2D eigenvalue weighted by Crippen LogP contribution is 2.39. The molecule has 2 N–H and O–H groups in total. The van der Waals surface area contributed by atoms with Crippen LogP contribution in [0.2, 0.25) is 0 Å². The van der Waals surface area contributed by atoms with Crippen molar-refractivity contribution in [3.8, 4) is 5.88 Å². The van der Waals surface area contributed by atoms with Crippen molar-refractivity contribution in [1.82, 2.24) is 14.8 Å². The molecule has 0 radical (unpaired) electrons. The van der Waals surface area contributed by atoms with Crippen molar-refractivity contribution < 1.29 is 9.90 Å². The first-order valence-corrected chi connectivity index (χ1v) is 8.97. The minimum absolute atomic E-state index is 0.0331. The molecule has 0 bridgehead atoms. The van der Waals surface area contributed by atoms with Gasteiger partial charge in [0.25, 0.3) is 0 Å². The van der Waals surface area contributed by atoms with E-state index in [-0.39, 0.29) is 5.88 Å². The van der Waals surface area contributed by atoms with Gasteiger partial charge in [0, 0.05) is 37.6 Å². The second kappa shape index (κ2) is 8.31. The summed E-state index contributed by atoms with van der Waals surface area (Å²) in [5.74, 6) is 0.0331. The third-order valence-electron chi connectivity index (χ3n) is 4.53. The van der Waals surface area contributed by atoms with Crippen LogP contribution in [0.4, 0.5) is 10.5 Å². The lowest BCUT2D eigenvalue weighted by atomic mass is 10.1. The molecule has 7 heteroatoms. The number of hydrogen-bond acceptors (Lipinski definition) is 4. The Labute approximate surface area is 154 Å². The fourth-order valence-corrected chi connectivity index (χ4v) is 3.24. The number of azo groups is 1. The van der Waals surface area contributed by atoms with E-state index in [1.165, 1.54) is 7.05 Å². The van der Waals surface area contributed by atoms with Gasteiger partial charge in [0.2, 0.25) is 5.88 Å². The zero-order valence-corrected chi connectivity index (χ0v) is 16.4. The van der Waals surface area contributed by atoms with Crippen molar-refractivity contribution in [2.75, 3.05) is 13.6 Å². The standard InChI is InChI=1S/C19H29N5O2/c1-12(2)23(13(3)4)9-10-24-16-8-7-14(5)11-15(16)17(18(24)25)21-22-19(26)20-6/h7-8,11-13,25H,9-10H2,1-6H3,(H,20,26). The first-order valence-electron chi connectivity index (χ1n) is 8.97. The van der Waals surface area contributed by atoms with Crippen molar-refractivity contribution in [2.24, 2.45) is 10.2 Å². The van der Waals surface area contributed by atoms with Gasteiger partial charge in [0.1, 0.15) is 0 Å². The fraction of sp³-hybridized carbons (Fsp3) is 0.526. The van der Waals surface area contributed by atoms with Gasteiger partial charge >= 0.3 is 6.03 Å². The number of rotatable bonds is 6. The Hall–Kier alpha value is -2.41. The summed E-state index contributed by atoms with van der Waals surface area (Å²) in [7, 11) is 1.49. The van der Waals surface area contributed by atoms with Crippen molar-refractivity contribution in [3.05, 3.63) is 23.8 Å². The number of carbonyl (C=O) groups excluding carboxylic acids is 1. The second-order valence-corrected chi connectivity index (χ2v) is 7.02. The molecule has 7 nitrogen and oxygen atoms in total. The number of nitrogens with zero attached hydrogens (tertiary/aromatic N) is 4. The molecule has 0 fully saturated rings. The van der Waals surface area contributed by atoms with Gasteiger partial charge in [-0.2, -0.15) is 0 Å². The average Bonchev–Trinajstić information content (AvgIpc) is 2.83. The predicted octanol–water partition coefficient (Wildman–Crippen LogP) is 4.20. The van der Waals surface area contributed by atoms with Gasteiger partial charge in [-0.15, -0.1) is 5.11 Å². The number of urea groups is 1. The lowest BCUT2D eigenvalue weighted by Gasteiger charge is -2.30. The van der Waals surface area contributed by atoms with Gasteiger partial charge in [0.15, 0.2) is 5.69 Å². The van der Waals surface area contributed by atoms with Crippen LogP contribution in [0, 0.1) is 6.92 Å². The number of carbonyl (C=O) groups is 1. The molecule has 0 aliphatic heterocycles. The normalized spacial score (nSPS) is 12.2. The monoisotopic (exact) mass is 359 g/mol. The number of aromatic nitrogens is 1. The molecule has 1 aromatic heterocycles. The van der Waals surface area contributed by atoms with Gasteiger partial charge < -0.3 is 15.0 Å². The Balaban J connectivity index is 2.45. The first-order chi connectivity index (χ1) is 12.3. The minimum atomic E-state index is -0.552. The van der Waals surface area contributed by atoms with Crippen molar-refractivity contribution in [3.63, 3.8) is 0 Å². The maximum absolute atomic E-state index is 11.4. The minimum Gasteiger partial charge on any atom is -0.493 e. The van der Waals surface area contributed by atoms with Crippen LogP contribution in [0.15, 0.2) is 28.4 Å². The molecule has 26 heavy (non-hydrogen) atoms. The Kier molecular flexibility index (Phi) is 6.37. The number of amides is 2. The van der Waals surface area contributed by atoms with Crippen LogP contribution < -0.4 is 5.32 Å². The molecule has 1 heterocycles. The van der Waals surface area contributed by atoms with E-state index in [0.29, 0.717) is 24.3 Å². The molecule has 0 saturated carbocycles. The molecule has 0 aliphatic carbocycles. The van der Waals surface area contributed by atoms with Crippen LogP contribution in [-0.4, -0.2) is 46.3 Å². The van der Waals surface area contributed by atoms with Crippen molar-refractivity contribution >= 4 is 22.6 Å². The SMILES string of the molecule is CNC(=O)N=Nc1c(O)n(CCN(C(C)C)C(C)C)c2ccc(C)cc12. The number of fused-ring (bicyclic) bond motifs is 1. The van der Waals surface area contributed by atoms with E-state index in [4.69, 9.17) is 0 Å². The fourth-order valence-electron chi connectivity index (χ4n) is 3.24. The summed E-state index contributed by atoms with van der Waals surface area (Å²) in [6.45, 7) is 12.1. The molecular weight excluding hydrogens is 330 g/mol. The largest absolute Gasteiger partial charge is 0.493 e. The van der Waals surface area contributed by atoms with Crippen LogP contribution in [-0.2, 0) is 6.54 Å². The van der Waals surface area contributed by atoms with Crippen LogP contribution in [0.3, 0.4) is 0 Å². The first kappa shape index (κ1) is 19.9. The summed E-state index contributed by atoms with van der Waals surface area (Å²) in [6.07, 6.45) is 0. The average molecular weight is 359 g/mol. The number of nitrogens with one attached hydrogen (secondary N) is 1. The van der Waals surface area contributed by atoms with Gasteiger partial charge in [-0.1, -0.05) is 16.7 Å². The smallest absolute Gasteiger partial charge is 0.359 e. The summed E-state index contributed by atoms with van der Waals surface area (Å²) >= 11 is 0. The molecule has 0 spiro atoms. The molecule has 1 aromatic carbocycles. The van der Waals surface area contributed by atoms with Gasteiger partial charge in [-0.3, -0.25) is 4.90 Å². The van der Waals surface area contributed by atoms with E-state index in [9.17, 15) is 9.90 Å². The maximum Gasteiger partial charge on any atom is 0.359 e. The highest BCUT2D eigenvalue weighted by Gasteiger charge is 2.19. The topological polar surface area (TPSA) is 82.2 Å². The van der Waals surface area contributed by atoms with Crippen LogP contribution >= 0.6 is 0 Å². The second-order valence-electron chi connectivity index (χ2n) is 7.02. The molecule has 2 amide bonds. The summed E-state index contributed by atoms with van der Waals surface area (Å²) in [5.41, 5.74) is 2.26. The van der Waals surface area contributed by atoms with Gasteiger partial charge in [-0.25, -0.2) is 4.79 Å². The third-order valence-corrected chi connectivity index (χ3v) is 4.53. The molecule has 0 saturated heterocycles. The molecule has 0 atom stereocenters. The van der Waals surface area contributed by atoms with E-state index < -0.39 is 6.03 Å². The molecule has 142 valence electrons. The number of hydrogen-bond donors (Lipinski definition) is 2. The van der Waals surface area contributed by atoms with Gasteiger partial charge in [-0.05, 0) is 46.8 Å². The Morgan fingerprint density at radius 2 is 1.92 bits per heavy atom. The van der Waals surface area contributed by atoms with E-state index in [0.717, 1.165) is 23.0 Å². The maximum atomic E-state index is 11.4. The Morgan fingerprint density at radius 3 is 2.50 bits per heavy atom. The summed E-state index contributed by atoms with van der Waals surface area (Å²) < 4.78 is 1.84. The predicted molar refractivity (Wildman–Crippen MR) is 104 cm³/mol. The lowest BCUT2D eigenvalue weighted by molar-refractivity contribution is 0.167. The Bertz CT molecular complexity index is 800. The molecule has 2 rings (SSSR count). The van der Waals surface area contributed by atoms with Crippen LogP contribution in [0.5, 0.6) is 5.88 Å². The van der Waals surface area contributed by atoms with Crippen LogP contribution in [0.1, 0.15) is 33.3 Å². The number of benzene rings is 1. The summed E-state index contributed by atoms with van der Waals surface area (Å²) in [4.78, 5) is 13.8. The molecular formula is C19H29N5O2. The molecule has 0 unspecified atom stereocenters. The lowest BCUT2D eigenvalue weighted by Crippen LogP contribution is -2.39. The van der Waals surface area contributed by atoms with Crippen LogP contribution in [0.25, 0.3) is 10.9 Å². The Morgan fingerprint density at radius 1 is 1.27 bits per heavy atom. The third kappa shape index (κ3) is 4.22. The van der Waals surface area contributed by atoms with E-state index >= 15 is 0 Å². The zero-order valence-electron chi connectivity index (χ0n) is 16.4. The summed E-state index contributed by atoms with van der Waals surface area (Å²) in [6, 6.07) is 6.19. The number of aromatic hydroxyl groups is 1. The molecule has 0 aliphatic rings. The van der Waals surface area contributed by atoms with Crippen molar-refractivity contribution in [2.45, 2.75) is 53.2 Å². The van der Waals surface area contributed by atoms with E-state index in [1.807, 2.05) is 29.7 Å². The number of aryl methyl sites for hydroxylation is 1. The zero-order chi connectivity index (χ0) is 19.4. The highest BCUT2D eigenvalue weighted by atomic mass is 16.3. The highest BCUT2D eigenvalue weighted by molar-refractivity contribution is 5.95. The van der Waals surface area contributed by atoms with Crippen molar-refractivity contribution in [1.29, 1.82) is 0 Å². The summed E-state index contributed by atoms with van der Waals surface area (Å²) in [5, 5.41) is 21.5. The van der Waals surface area contributed by atoms with E-state index in [1.54, 1.807) is 0 Å². The molecule has 2 aromatic rings.